The molecular weight excluding hydrogens is 381 g/mol. The monoisotopic (exact) mass is 403 g/mol. The van der Waals surface area contributed by atoms with Gasteiger partial charge in [-0.1, -0.05) is 0 Å². The Morgan fingerprint density at radius 2 is 2.13 bits per heavy atom. The van der Waals surface area contributed by atoms with Crippen molar-refractivity contribution in [1.29, 1.82) is 5.26 Å². The molecule has 3 aromatic rings. The molecule has 0 aliphatic carbocycles. The van der Waals surface area contributed by atoms with Crippen molar-refractivity contribution in [1.82, 2.24) is 14.9 Å². The predicted molar refractivity (Wildman–Crippen MR) is 113 cm³/mol. The van der Waals surface area contributed by atoms with Crippen LogP contribution in [0.4, 0.5) is 15.8 Å². The van der Waals surface area contributed by atoms with Crippen molar-refractivity contribution in [2.45, 2.75) is 39.2 Å². The number of rotatable bonds is 3. The predicted octanol–water partition coefficient (Wildman–Crippen LogP) is 4.71. The van der Waals surface area contributed by atoms with Gasteiger partial charge in [0.05, 0.1) is 16.8 Å². The molecule has 3 heterocycles. The summed E-state index contributed by atoms with van der Waals surface area (Å²) in [5, 5.41) is 13.1. The number of pyridine rings is 2. The molecule has 1 fully saturated rings. The maximum atomic E-state index is 13.8. The molecule has 1 aromatic carbocycles. The Morgan fingerprint density at radius 1 is 1.30 bits per heavy atom. The fourth-order valence-electron chi connectivity index (χ4n) is 3.86. The van der Waals surface area contributed by atoms with Gasteiger partial charge in [0.1, 0.15) is 11.9 Å². The van der Waals surface area contributed by atoms with Gasteiger partial charge >= 0.3 is 0 Å². The van der Waals surface area contributed by atoms with E-state index in [9.17, 15) is 9.18 Å². The first kappa shape index (κ1) is 19.8. The van der Waals surface area contributed by atoms with E-state index in [0.717, 1.165) is 25.0 Å². The van der Waals surface area contributed by atoms with Crippen LogP contribution in [0.15, 0.2) is 36.5 Å². The highest BCUT2D eigenvalue weighted by atomic mass is 19.1. The molecule has 1 atom stereocenters. The minimum atomic E-state index is -0.585. The molecule has 1 amide bonds. The average Bonchev–Trinajstić information content (AvgIpc) is 2.75. The van der Waals surface area contributed by atoms with Gasteiger partial charge in [0.15, 0.2) is 5.65 Å². The number of nitrogens with one attached hydrogen (secondary N) is 1. The van der Waals surface area contributed by atoms with E-state index in [4.69, 9.17) is 5.26 Å². The van der Waals surface area contributed by atoms with Crippen LogP contribution in [0.1, 0.15) is 47.8 Å². The van der Waals surface area contributed by atoms with Gasteiger partial charge in [-0.25, -0.2) is 14.4 Å². The van der Waals surface area contributed by atoms with E-state index in [1.165, 1.54) is 12.1 Å². The van der Waals surface area contributed by atoms with Crippen LogP contribution in [0.2, 0.25) is 0 Å². The van der Waals surface area contributed by atoms with E-state index < -0.39 is 5.82 Å². The van der Waals surface area contributed by atoms with Crippen LogP contribution in [0.25, 0.3) is 11.0 Å². The molecule has 1 unspecified atom stereocenters. The SMILES string of the molecule is Cc1ccc2c(Nc3ccc(F)c(C#N)c3)c(C(=O)N3CCCCC3C)cnc2n1. The van der Waals surface area contributed by atoms with Gasteiger partial charge in [-0.2, -0.15) is 5.26 Å². The number of amides is 1. The summed E-state index contributed by atoms with van der Waals surface area (Å²) in [7, 11) is 0. The number of aromatic nitrogens is 2. The molecule has 1 saturated heterocycles. The molecule has 0 spiro atoms. The van der Waals surface area contributed by atoms with Crippen molar-refractivity contribution < 1.29 is 9.18 Å². The number of benzene rings is 1. The minimum absolute atomic E-state index is 0.0649. The number of piperidine rings is 1. The number of anilines is 2. The second-order valence-electron chi connectivity index (χ2n) is 7.65. The molecule has 4 rings (SSSR count). The van der Waals surface area contributed by atoms with E-state index in [0.29, 0.717) is 34.5 Å². The zero-order valence-corrected chi connectivity index (χ0v) is 16.9. The van der Waals surface area contributed by atoms with Gasteiger partial charge in [0, 0.05) is 35.6 Å². The Morgan fingerprint density at radius 3 is 2.90 bits per heavy atom. The van der Waals surface area contributed by atoms with Crippen LogP contribution in [0.5, 0.6) is 0 Å². The van der Waals surface area contributed by atoms with Gasteiger partial charge in [0.25, 0.3) is 5.91 Å². The number of likely N-dealkylation sites (tertiary alicyclic amines) is 1. The summed E-state index contributed by atoms with van der Waals surface area (Å²) in [6.45, 7) is 4.64. The quantitative estimate of drug-likeness (QED) is 0.685. The first-order valence-corrected chi connectivity index (χ1v) is 10.0. The first-order chi connectivity index (χ1) is 14.5. The first-order valence-electron chi connectivity index (χ1n) is 10.0. The second-order valence-corrected chi connectivity index (χ2v) is 7.65. The van der Waals surface area contributed by atoms with E-state index in [-0.39, 0.29) is 17.5 Å². The largest absolute Gasteiger partial charge is 0.354 e. The van der Waals surface area contributed by atoms with Gasteiger partial charge in [-0.15, -0.1) is 0 Å². The highest BCUT2D eigenvalue weighted by Gasteiger charge is 2.27. The molecule has 0 saturated carbocycles. The summed E-state index contributed by atoms with van der Waals surface area (Å²) in [4.78, 5) is 24.2. The van der Waals surface area contributed by atoms with Crippen LogP contribution in [-0.2, 0) is 0 Å². The third-order valence-corrected chi connectivity index (χ3v) is 5.52. The van der Waals surface area contributed by atoms with Crippen LogP contribution in [0, 0.1) is 24.1 Å². The third-order valence-electron chi connectivity index (χ3n) is 5.52. The van der Waals surface area contributed by atoms with Crippen molar-refractivity contribution >= 4 is 28.3 Å². The second kappa shape index (κ2) is 8.07. The van der Waals surface area contributed by atoms with Crippen LogP contribution >= 0.6 is 0 Å². The summed E-state index contributed by atoms with van der Waals surface area (Å²) in [6.07, 6.45) is 4.61. The summed E-state index contributed by atoms with van der Waals surface area (Å²) in [6, 6.07) is 9.95. The van der Waals surface area contributed by atoms with Crippen LogP contribution in [0.3, 0.4) is 0 Å². The van der Waals surface area contributed by atoms with Gasteiger partial charge in [-0.05, 0) is 63.4 Å². The highest BCUT2D eigenvalue weighted by Crippen LogP contribution is 2.31. The number of hydrogen-bond acceptors (Lipinski definition) is 5. The number of aryl methyl sites for hydroxylation is 1. The average molecular weight is 403 g/mol. The Bertz CT molecular complexity index is 1170. The molecule has 7 heteroatoms. The Labute approximate surface area is 174 Å². The fourth-order valence-corrected chi connectivity index (χ4v) is 3.86. The van der Waals surface area contributed by atoms with Gasteiger partial charge in [0.2, 0.25) is 0 Å². The van der Waals surface area contributed by atoms with Crippen molar-refractivity contribution in [3.05, 3.63) is 59.2 Å². The normalized spacial score (nSPS) is 16.3. The number of carbonyl (C=O) groups is 1. The Kier molecular flexibility index (Phi) is 5.32. The smallest absolute Gasteiger partial charge is 0.257 e. The number of halogens is 1. The zero-order valence-electron chi connectivity index (χ0n) is 16.9. The number of nitriles is 1. The topological polar surface area (TPSA) is 81.9 Å². The fraction of sp³-hybridized carbons (Fsp3) is 0.304. The highest BCUT2D eigenvalue weighted by molar-refractivity contribution is 6.07. The number of hydrogen-bond donors (Lipinski definition) is 1. The van der Waals surface area contributed by atoms with E-state index in [1.807, 2.05) is 30.0 Å². The molecule has 0 radical (unpaired) electrons. The number of nitrogens with zero attached hydrogens (tertiary/aromatic N) is 4. The Balaban J connectivity index is 1.83. The third kappa shape index (κ3) is 3.69. The maximum absolute atomic E-state index is 13.8. The summed E-state index contributed by atoms with van der Waals surface area (Å²) >= 11 is 0. The molecular formula is C23H22FN5O. The maximum Gasteiger partial charge on any atom is 0.257 e. The number of carbonyl (C=O) groups excluding carboxylic acids is 1. The van der Waals surface area contributed by atoms with Gasteiger partial charge < -0.3 is 10.2 Å². The summed E-state index contributed by atoms with van der Waals surface area (Å²) in [5.41, 5.74) is 2.78. The van der Waals surface area contributed by atoms with E-state index in [1.54, 1.807) is 12.3 Å². The molecule has 30 heavy (non-hydrogen) atoms. The van der Waals surface area contributed by atoms with Gasteiger partial charge in [-0.3, -0.25) is 4.79 Å². The molecule has 152 valence electrons. The van der Waals surface area contributed by atoms with Crippen molar-refractivity contribution in [3.63, 3.8) is 0 Å². The van der Waals surface area contributed by atoms with Crippen molar-refractivity contribution in [2.24, 2.45) is 0 Å². The van der Waals surface area contributed by atoms with Crippen molar-refractivity contribution in [2.75, 3.05) is 11.9 Å². The van der Waals surface area contributed by atoms with E-state index in [2.05, 4.69) is 22.2 Å². The summed E-state index contributed by atoms with van der Waals surface area (Å²) in [5.74, 6) is -0.680. The Hall–Kier alpha value is -3.53. The van der Waals surface area contributed by atoms with Crippen molar-refractivity contribution in [3.8, 4) is 6.07 Å². The molecule has 6 nitrogen and oxygen atoms in total. The lowest BCUT2D eigenvalue weighted by molar-refractivity contribution is 0.0636. The van der Waals surface area contributed by atoms with Crippen LogP contribution in [-0.4, -0.2) is 33.4 Å². The van der Waals surface area contributed by atoms with E-state index >= 15 is 0 Å². The molecule has 0 bridgehead atoms. The lowest BCUT2D eigenvalue weighted by Crippen LogP contribution is -2.42. The zero-order chi connectivity index (χ0) is 21.3. The standard InChI is InChI=1S/C23H22FN5O/c1-14-6-8-18-21(28-17-7-9-20(24)16(11-17)12-25)19(13-26-22(18)27-14)23(30)29-10-4-3-5-15(29)2/h6-9,11,13,15H,3-5,10H2,1-2H3,(H,26,27,28). The molecule has 1 aliphatic heterocycles. The molecule has 1 N–H and O–H groups in total. The summed E-state index contributed by atoms with van der Waals surface area (Å²) < 4.78 is 13.8. The molecule has 1 aliphatic rings. The lowest BCUT2D eigenvalue weighted by Gasteiger charge is -2.34. The minimum Gasteiger partial charge on any atom is -0.354 e. The molecule has 2 aromatic heterocycles. The number of fused-ring (bicyclic) bond motifs is 1. The lowest BCUT2D eigenvalue weighted by atomic mass is 10.0. The van der Waals surface area contributed by atoms with Crippen LogP contribution < -0.4 is 5.32 Å².